The molecule has 0 atom stereocenters. The summed E-state index contributed by atoms with van der Waals surface area (Å²) in [6.07, 6.45) is -3.89. The maximum Gasteiger partial charge on any atom is 0.416 e. The van der Waals surface area contributed by atoms with Gasteiger partial charge >= 0.3 is 6.18 Å². The van der Waals surface area contributed by atoms with Gasteiger partial charge in [0.15, 0.2) is 0 Å². The van der Waals surface area contributed by atoms with Crippen LogP contribution in [0.25, 0.3) is 0 Å². The van der Waals surface area contributed by atoms with Gasteiger partial charge in [-0.3, -0.25) is 10.7 Å². The number of aliphatic imine (C=N–C) groups is 1. The first-order valence-corrected chi connectivity index (χ1v) is 3.73. The van der Waals surface area contributed by atoms with Crippen LogP contribution in [0.3, 0.4) is 0 Å². The molecule has 7 heteroatoms. The van der Waals surface area contributed by atoms with Gasteiger partial charge in [0.2, 0.25) is 0 Å². The number of hydroxylamine groups is 1. The Morgan fingerprint density at radius 1 is 1.27 bits per heavy atom. The van der Waals surface area contributed by atoms with Crippen LogP contribution in [0.4, 0.5) is 23.2 Å². The van der Waals surface area contributed by atoms with Crippen LogP contribution in [0.2, 0.25) is 0 Å². The van der Waals surface area contributed by atoms with E-state index in [1.807, 2.05) is 0 Å². The van der Waals surface area contributed by atoms with Crippen LogP contribution in [0.15, 0.2) is 23.2 Å². The summed E-state index contributed by atoms with van der Waals surface area (Å²) in [6.45, 7) is 0. The summed E-state index contributed by atoms with van der Waals surface area (Å²) in [6, 6.07) is 1.84. The molecule has 1 aromatic carbocycles. The lowest BCUT2D eigenvalue weighted by atomic mass is 10.2. The summed E-state index contributed by atoms with van der Waals surface area (Å²) in [5.74, 6) is -1.05. The van der Waals surface area contributed by atoms with E-state index in [0.717, 1.165) is 12.4 Å². The number of rotatable bonds is 2. The van der Waals surface area contributed by atoms with E-state index in [1.54, 1.807) is 0 Å². The molecule has 0 radical (unpaired) electrons. The van der Waals surface area contributed by atoms with E-state index >= 15 is 0 Å². The van der Waals surface area contributed by atoms with Gasteiger partial charge in [-0.25, -0.2) is 9.38 Å². The molecule has 0 fully saturated rings. The third-order valence-corrected chi connectivity index (χ3v) is 1.48. The normalized spacial score (nSPS) is 12.1. The lowest BCUT2D eigenvalue weighted by Crippen LogP contribution is -2.05. The predicted molar refractivity (Wildman–Crippen MR) is 44.5 cm³/mol. The standard InChI is InChI=1S/C8H6F4N2O/c9-6-1-5(8(10,11)12)2-7(3-6)13-4-14-15/h1-4,15H,(H,13,14). The predicted octanol–water partition coefficient (Wildman–Crippen LogP) is 2.48. The van der Waals surface area contributed by atoms with Gasteiger partial charge < -0.3 is 0 Å². The minimum absolute atomic E-state index is 0.246. The highest BCUT2D eigenvalue weighted by molar-refractivity contribution is 5.60. The Hall–Kier alpha value is -1.63. The zero-order valence-corrected chi connectivity index (χ0v) is 7.22. The van der Waals surface area contributed by atoms with Gasteiger partial charge in [-0.1, -0.05) is 0 Å². The fourth-order valence-corrected chi connectivity index (χ4v) is 0.916. The molecule has 3 nitrogen and oxygen atoms in total. The van der Waals surface area contributed by atoms with Crippen LogP contribution in [0.1, 0.15) is 5.56 Å². The Labute approximate surface area is 82.0 Å². The molecule has 1 rings (SSSR count). The van der Waals surface area contributed by atoms with Crippen molar-refractivity contribution in [3.05, 3.63) is 29.6 Å². The molecular weight excluding hydrogens is 216 g/mol. The Morgan fingerprint density at radius 3 is 2.47 bits per heavy atom. The molecule has 0 saturated heterocycles. The van der Waals surface area contributed by atoms with E-state index in [0.29, 0.717) is 12.1 Å². The second-order valence-electron chi connectivity index (χ2n) is 2.58. The number of nitrogens with one attached hydrogen (secondary N) is 1. The monoisotopic (exact) mass is 222 g/mol. The van der Waals surface area contributed by atoms with Crippen LogP contribution in [0, 0.1) is 5.82 Å². The van der Waals surface area contributed by atoms with Crippen LogP contribution in [-0.4, -0.2) is 11.5 Å². The highest BCUT2D eigenvalue weighted by Crippen LogP contribution is 2.32. The molecule has 1 aromatic rings. The first kappa shape index (κ1) is 11.4. The van der Waals surface area contributed by atoms with E-state index < -0.39 is 17.6 Å². The number of alkyl halides is 3. The molecule has 0 spiro atoms. The SMILES string of the molecule is ONC=Nc1cc(F)cc(C(F)(F)F)c1. The Bertz CT molecular complexity index is 375. The van der Waals surface area contributed by atoms with Gasteiger partial charge in [-0.15, -0.1) is 0 Å². The fraction of sp³-hybridized carbons (Fsp3) is 0.125. The average molecular weight is 222 g/mol. The van der Waals surface area contributed by atoms with Gasteiger partial charge in [-0.2, -0.15) is 13.2 Å². The Morgan fingerprint density at radius 2 is 1.93 bits per heavy atom. The average Bonchev–Trinajstić information content (AvgIpc) is 2.12. The smallest absolute Gasteiger partial charge is 0.290 e. The molecular formula is C8H6F4N2O. The highest BCUT2D eigenvalue weighted by atomic mass is 19.4. The minimum atomic E-state index is -4.63. The van der Waals surface area contributed by atoms with Crippen molar-refractivity contribution in [2.75, 3.05) is 0 Å². The molecule has 0 aliphatic heterocycles. The van der Waals surface area contributed by atoms with Gasteiger partial charge in [0.05, 0.1) is 11.3 Å². The lowest BCUT2D eigenvalue weighted by molar-refractivity contribution is -0.137. The zero-order valence-electron chi connectivity index (χ0n) is 7.22. The first-order valence-electron chi connectivity index (χ1n) is 3.73. The number of halogens is 4. The molecule has 0 aliphatic rings. The molecule has 82 valence electrons. The molecule has 0 bridgehead atoms. The Kier molecular flexibility index (Phi) is 3.25. The lowest BCUT2D eigenvalue weighted by Gasteiger charge is -2.07. The number of hydrogen-bond donors (Lipinski definition) is 2. The van der Waals surface area contributed by atoms with Crippen molar-refractivity contribution < 1.29 is 22.8 Å². The summed E-state index contributed by atoms with van der Waals surface area (Å²) in [5.41, 5.74) is 0.120. The van der Waals surface area contributed by atoms with Gasteiger partial charge in [-0.05, 0) is 18.2 Å². The molecule has 15 heavy (non-hydrogen) atoms. The third-order valence-electron chi connectivity index (χ3n) is 1.48. The second-order valence-corrected chi connectivity index (χ2v) is 2.58. The van der Waals surface area contributed by atoms with Crippen molar-refractivity contribution in [1.82, 2.24) is 5.48 Å². The quantitative estimate of drug-likeness (QED) is 0.349. The third kappa shape index (κ3) is 3.21. The fourth-order valence-electron chi connectivity index (χ4n) is 0.916. The number of benzene rings is 1. The molecule has 0 unspecified atom stereocenters. The van der Waals surface area contributed by atoms with Gasteiger partial charge in [0.25, 0.3) is 0 Å². The second kappa shape index (κ2) is 4.26. The zero-order chi connectivity index (χ0) is 11.5. The van der Waals surface area contributed by atoms with Crippen molar-refractivity contribution >= 4 is 12.0 Å². The summed E-state index contributed by atoms with van der Waals surface area (Å²) in [5, 5.41) is 8.11. The minimum Gasteiger partial charge on any atom is -0.290 e. The van der Waals surface area contributed by atoms with Gasteiger partial charge in [0, 0.05) is 0 Å². The van der Waals surface area contributed by atoms with Crippen molar-refractivity contribution in [3.63, 3.8) is 0 Å². The molecule has 0 amide bonds. The summed E-state index contributed by atoms with van der Waals surface area (Å²) >= 11 is 0. The molecule has 0 saturated carbocycles. The first-order chi connectivity index (χ1) is 6.93. The molecule has 0 heterocycles. The van der Waals surface area contributed by atoms with E-state index in [9.17, 15) is 17.6 Å². The maximum absolute atomic E-state index is 12.7. The van der Waals surface area contributed by atoms with E-state index in [4.69, 9.17) is 5.21 Å². The summed E-state index contributed by atoms with van der Waals surface area (Å²) < 4.78 is 49.3. The molecule has 0 aliphatic carbocycles. The van der Waals surface area contributed by atoms with Crippen LogP contribution in [-0.2, 0) is 6.18 Å². The van der Waals surface area contributed by atoms with Crippen molar-refractivity contribution in [2.24, 2.45) is 4.99 Å². The molecule has 0 aromatic heterocycles. The van der Waals surface area contributed by atoms with Crippen molar-refractivity contribution in [3.8, 4) is 0 Å². The highest BCUT2D eigenvalue weighted by Gasteiger charge is 2.31. The van der Waals surface area contributed by atoms with Gasteiger partial charge in [0.1, 0.15) is 12.2 Å². The van der Waals surface area contributed by atoms with E-state index in [2.05, 4.69) is 4.99 Å². The van der Waals surface area contributed by atoms with Crippen LogP contribution in [0.5, 0.6) is 0 Å². The van der Waals surface area contributed by atoms with E-state index in [-0.39, 0.29) is 5.69 Å². The van der Waals surface area contributed by atoms with Crippen LogP contribution < -0.4 is 5.48 Å². The largest absolute Gasteiger partial charge is 0.416 e. The van der Waals surface area contributed by atoms with Crippen molar-refractivity contribution in [2.45, 2.75) is 6.18 Å². The van der Waals surface area contributed by atoms with Crippen molar-refractivity contribution in [1.29, 1.82) is 0 Å². The Balaban J connectivity index is 3.11. The van der Waals surface area contributed by atoms with Crippen LogP contribution >= 0.6 is 0 Å². The topological polar surface area (TPSA) is 44.6 Å². The van der Waals surface area contributed by atoms with E-state index in [1.165, 1.54) is 5.48 Å². The maximum atomic E-state index is 12.7. The summed E-state index contributed by atoms with van der Waals surface area (Å²) in [4.78, 5) is 3.33. The summed E-state index contributed by atoms with van der Waals surface area (Å²) in [7, 11) is 0. The number of nitrogens with zero attached hydrogens (tertiary/aromatic N) is 1. The number of hydrogen-bond acceptors (Lipinski definition) is 2. The molecule has 2 N–H and O–H groups in total.